The van der Waals surface area contributed by atoms with Crippen LogP contribution in [-0.4, -0.2) is 43.9 Å². The minimum Gasteiger partial charge on any atom is -0.345 e. The molecule has 2 amide bonds. The van der Waals surface area contributed by atoms with Gasteiger partial charge in [-0.3, -0.25) is 9.59 Å². The van der Waals surface area contributed by atoms with Gasteiger partial charge in [-0.2, -0.15) is 0 Å². The highest BCUT2D eigenvalue weighted by atomic mass is 35.5. The monoisotopic (exact) mass is 309 g/mol. The summed E-state index contributed by atoms with van der Waals surface area (Å²) in [6.07, 6.45) is 1.89. The van der Waals surface area contributed by atoms with E-state index in [2.05, 4.69) is 10.6 Å². The van der Waals surface area contributed by atoms with Gasteiger partial charge in [0.05, 0.1) is 16.5 Å². The molecule has 0 aromatic heterocycles. The van der Waals surface area contributed by atoms with Crippen molar-refractivity contribution in [3.63, 3.8) is 0 Å². The Morgan fingerprint density at radius 3 is 2.76 bits per heavy atom. The topological polar surface area (TPSA) is 61.4 Å². The summed E-state index contributed by atoms with van der Waals surface area (Å²) in [7, 11) is 3.33. The van der Waals surface area contributed by atoms with Crippen molar-refractivity contribution in [3.8, 4) is 0 Å². The fourth-order valence-electron chi connectivity index (χ4n) is 2.33. The predicted molar refractivity (Wildman–Crippen MR) is 83.7 cm³/mol. The third kappa shape index (κ3) is 3.95. The molecule has 1 aliphatic heterocycles. The Balaban J connectivity index is 2.11. The first-order valence-corrected chi connectivity index (χ1v) is 7.39. The molecule has 114 valence electrons. The van der Waals surface area contributed by atoms with Crippen molar-refractivity contribution < 1.29 is 9.59 Å². The van der Waals surface area contributed by atoms with E-state index in [1.54, 1.807) is 32.3 Å². The zero-order chi connectivity index (χ0) is 15.4. The molecule has 0 radical (unpaired) electrons. The Labute approximate surface area is 129 Å². The first-order valence-electron chi connectivity index (χ1n) is 7.02. The van der Waals surface area contributed by atoms with E-state index in [-0.39, 0.29) is 17.7 Å². The van der Waals surface area contributed by atoms with Gasteiger partial charge in [0.2, 0.25) is 5.91 Å². The molecule has 0 spiro atoms. The van der Waals surface area contributed by atoms with Crippen LogP contribution in [-0.2, 0) is 4.79 Å². The van der Waals surface area contributed by atoms with Crippen LogP contribution in [0.25, 0.3) is 0 Å². The molecule has 1 saturated heterocycles. The highest BCUT2D eigenvalue weighted by Crippen LogP contribution is 2.22. The number of anilines is 1. The van der Waals surface area contributed by atoms with Gasteiger partial charge in [-0.05, 0) is 37.6 Å². The number of rotatable bonds is 3. The van der Waals surface area contributed by atoms with Gasteiger partial charge in [0.25, 0.3) is 5.91 Å². The normalized spacial score (nSPS) is 18.1. The van der Waals surface area contributed by atoms with Crippen molar-refractivity contribution in [2.45, 2.75) is 12.8 Å². The van der Waals surface area contributed by atoms with E-state index >= 15 is 0 Å². The number of halogens is 1. The molecule has 6 heteroatoms. The summed E-state index contributed by atoms with van der Waals surface area (Å²) in [5.41, 5.74) is 0.987. The molecular formula is C15H20ClN3O2. The molecule has 21 heavy (non-hydrogen) atoms. The minimum absolute atomic E-state index is 0.0206. The second kappa shape index (κ2) is 6.91. The van der Waals surface area contributed by atoms with E-state index in [1.807, 2.05) is 0 Å². The van der Waals surface area contributed by atoms with Crippen molar-refractivity contribution in [2.75, 3.05) is 32.5 Å². The Morgan fingerprint density at radius 1 is 1.38 bits per heavy atom. The largest absolute Gasteiger partial charge is 0.345 e. The Bertz CT molecular complexity index is 540. The molecule has 1 fully saturated rings. The Kier molecular flexibility index (Phi) is 5.20. The molecule has 0 aliphatic carbocycles. The predicted octanol–water partition coefficient (Wildman–Crippen LogP) is 1.98. The Hall–Kier alpha value is -1.59. The van der Waals surface area contributed by atoms with E-state index in [0.717, 1.165) is 19.4 Å². The number of benzene rings is 1. The molecular weight excluding hydrogens is 290 g/mol. The molecule has 5 nitrogen and oxygen atoms in total. The number of hydrogen-bond acceptors (Lipinski definition) is 3. The van der Waals surface area contributed by atoms with Gasteiger partial charge < -0.3 is 15.5 Å². The van der Waals surface area contributed by atoms with Gasteiger partial charge in [-0.15, -0.1) is 0 Å². The van der Waals surface area contributed by atoms with Crippen LogP contribution in [0.3, 0.4) is 0 Å². The number of piperidine rings is 1. The standard InChI is InChI=1S/C15H20ClN3O2/c1-19(2)15(21)12-8-11(5-6-13(12)16)18-14(20)10-4-3-7-17-9-10/h5-6,8,10,17H,3-4,7,9H2,1-2H3,(H,18,20)/t10-/m0/s1. The third-order valence-electron chi connectivity index (χ3n) is 3.54. The van der Waals surface area contributed by atoms with Crippen LogP contribution in [0.4, 0.5) is 5.69 Å². The van der Waals surface area contributed by atoms with Crippen molar-refractivity contribution in [1.29, 1.82) is 0 Å². The maximum atomic E-state index is 12.2. The van der Waals surface area contributed by atoms with Crippen LogP contribution in [0.2, 0.25) is 5.02 Å². The van der Waals surface area contributed by atoms with Gasteiger partial charge in [-0.25, -0.2) is 0 Å². The van der Waals surface area contributed by atoms with Crippen molar-refractivity contribution in [3.05, 3.63) is 28.8 Å². The van der Waals surface area contributed by atoms with E-state index in [4.69, 9.17) is 11.6 Å². The lowest BCUT2D eigenvalue weighted by Crippen LogP contribution is -2.37. The lowest BCUT2D eigenvalue weighted by atomic mass is 9.98. The van der Waals surface area contributed by atoms with E-state index in [9.17, 15) is 9.59 Å². The maximum absolute atomic E-state index is 12.2. The quantitative estimate of drug-likeness (QED) is 0.897. The summed E-state index contributed by atoms with van der Waals surface area (Å²) in [6, 6.07) is 4.97. The number of amides is 2. The maximum Gasteiger partial charge on any atom is 0.254 e. The first-order chi connectivity index (χ1) is 9.99. The average molecular weight is 310 g/mol. The number of nitrogens with zero attached hydrogens (tertiary/aromatic N) is 1. The number of nitrogens with one attached hydrogen (secondary N) is 2. The smallest absolute Gasteiger partial charge is 0.254 e. The Morgan fingerprint density at radius 2 is 2.14 bits per heavy atom. The van der Waals surface area contributed by atoms with Gasteiger partial charge in [0.15, 0.2) is 0 Å². The molecule has 2 rings (SSSR count). The summed E-state index contributed by atoms with van der Waals surface area (Å²) in [5.74, 6) is -0.231. The van der Waals surface area contributed by atoms with E-state index in [0.29, 0.717) is 22.8 Å². The first kappa shape index (κ1) is 15.8. The molecule has 1 atom stereocenters. The second-order valence-electron chi connectivity index (χ2n) is 5.43. The molecule has 1 aliphatic rings. The van der Waals surface area contributed by atoms with Gasteiger partial charge in [0.1, 0.15) is 0 Å². The lowest BCUT2D eigenvalue weighted by Gasteiger charge is -2.22. The summed E-state index contributed by atoms with van der Waals surface area (Å²) in [4.78, 5) is 25.7. The molecule has 0 bridgehead atoms. The molecule has 1 heterocycles. The molecule has 1 aromatic rings. The number of carbonyl (C=O) groups excluding carboxylic acids is 2. The van der Waals surface area contributed by atoms with Crippen LogP contribution >= 0.6 is 11.6 Å². The molecule has 2 N–H and O–H groups in total. The highest BCUT2D eigenvalue weighted by molar-refractivity contribution is 6.34. The van der Waals surface area contributed by atoms with Crippen LogP contribution < -0.4 is 10.6 Å². The minimum atomic E-state index is -0.185. The zero-order valence-electron chi connectivity index (χ0n) is 12.3. The number of carbonyl (C=O) groups is 2. The fourth-order valence-corrected chi connectivity index (χ4v) is 2.53. The van der Waals surface area contributed by atoms with Gasteiger partial charge in [0, 0.05) is 26.3 Å². The third-order valence-corrected chi connectivity index (χ3v) is 3.87. The van der Waals surface area contributed by atoms with Crippen molar-refractivity contribution in [1.82, 2.24) is 10.2 Å². The van der Waals surface area contributed by atoms with Gasteiger partial charge in [-0.1, -0.05) is 11.6 Å². The molecule has 0 saturated carbocycles. The van der Waals surface area contributed by atoms with Crippen LogP contribution in [0.5, 0.6) is 0 Å². The van der Waals surface area contributed by atoms with Crippen LogP contribution in [0, 0.1) is 5.92 Å². The van der Waals surface area contributed by atoms with Crippen LogP contribution in [0.1, 0.15) is 23.2 Å². The van der Waals surface area contributed by atoms with E-state index in [1.165, 1.54) is 4.90 Å². The fraction of sp³-hybridized carbons (Fsp3) is 0.467. The van der Waals surface area contributed by atoms with E-state index < -0.39 is 0 Å². The molecule has 1 aromatic carbocycles. The highest BCUT2D eigenvalue weighted by Gasteiger charge is 2.21. The van der Waals surface area contributed by atoms with Crippen molar-refractivity contribution in [2.24, 2.45) is 5.92 Å². The lowest BCUT2D eigenvalue weighted by molar-refractivity contribution is -0.120. The number of hydrogen-bond donors (Lipinski definition) is 2. The van der Waals surface area contributed by atoms with Crippen LogP contribution in [0.15, 0.2) is 18.2 Å². The zero-order valence-corrected chi connectivity index (χ0v) is 13.0. The average Bonchev–Trinajstić information content (AvgIpc) is 2.49. The second-order valence-corrected chi connectivity index (χ2v) is 5.83. The molecule has 0 unspecified atom stereocenters. The SMILES string of the molecule is CN(C)C(=O)c1cc(NC(=O)[C@H]2CCCNC2)ccc1Cl. The van der Waals surface area contributed by atoms with Crippen molar-refractivity contribution >= 4 is 29.1 Å². The van der Waals surface area contributed by atoms with Gasteiger partial charge >= 0.3 is 0 Å². The summed E-state index contributed by atoms with van der Waals surface area (Å²) >= 11 is 6.05. The summed E-state index contributed by atoms with van der Waals surface area (Å²) in [5, 5.41) is 6.46. The summed E-state index contributed by atoms with van der Waals surface area (Å²) < 4.78 is 0. The summed E-state index contributed by atoms with van der Waals surface area (Å²) in [6.45, 7) is 1.66.